The number of nitrogens with zero attached hydrogens (tertiary/aromatic N) is 7. The average Bonchev–Trinajstić information content (AvgIpc) is 3.37. The molecule has 0 amide bonds. The van der Waals surface area contributed by atoms with Crippen LogP contribution in [0.15, 0.2) is 85.5 Å². The molecule has 9 nitrogen and oxygen atoms in total. The Morgan fingerprint density at radius 3 is 2.18 bits per heavy atom. The van der Waals surface area contributed by atoms with Gasteiger partial charge in [-0.25, -0.2) is 19.9 Å². The van der Waals surface area contributed by atoms with Gasteiger partial charge in [-0.3, -0.25) is 4.40 Å². The molecule has 9 heteroatoms. The molecule has 0 spiro atoms. The topological polar surface area (TPSA) is 128 Å². The van der Waals surface area contributed by atoms with Gasteiger partial charge in [-0.15, -0.1) is 10.2 Å². The SMILES string of the molecule is CC1(O)CC(N)(c2ccc(-c3nc4ccc5nnc(-c6cncnc6)n5c4nc3-c3ccccc3)cc2)C1. The van der Waals surface area contributed by atoms with Gasteiger partial charge in [0, 0.05) is 29.1 Å². The second-order valence-electron chi connectivity index (χ2n) is 10.3. The van der Waals surface area contributed by atoms with E-state index in [-0.39, 0.29) is 0 Å². The smallest absolute Gasteiger partial charge is 0.173 e. The summed E-state index contributed by atoms with van der Waals surface area (Å²) in [5.74, 6) is 0.598. The summed E-state index contributed by atoms with van der Waals surface area (Å²) in [5.41, 5.74) is 12.5. The van der Waals surface area contributed by atoms with E-state index in [1.54, 1.807) is 12.4 Å². The summed E-state index contributed by atoms with van der Waals surface area (Å²) in [4.78, 5) is 18.5. The van der Waals surface area contributed by atoms with Gasteiger partial charge >= 0.3 is 0 Å². The summed E-state index contributed by atoms with van der Waals surface area (Å²) in [6.45, 7) is 1.83. The van der Waals surface area contributed by atoms with Gasteiger partial charge in [0.15, 0.2) is 17.1 Å². The second-order valence-corrected chi connectivity index (χ2v) is 10.3. The summed E-state index contributed by atoms with van der Waals surface area (Å²) in [6, 6.07) is 21.9. The van der Waals surface area contributed by atoms with Crippen molar-refractivity contribution in [2.45, 2.75) is 30.9 Å². The van der Waals surface area contributed by atoms with Crippen LogP contribution in [0.2, 0.25) is 0 Å². The van der Waals surface area contributed by atoms with Crippen LogP contribution in [0.3, 0.4) is 0 Å². The predicted octanol–water partition coefficient (Wildman–Crippen LogP) is 4.16. The van der Waals surface area contributed by atoms with Crippen LogP contribution >= 0.6 is 0 Å². The van der Waals surface area contributed by atoms with Crippen molar-refractivity contribution in [1.29, 1.82) is 0 Å². The van der Waals surface area contributed by atoms with Gasteiger partial charge in [0.05, 0.1) is 22.6 Å². The van der Waals surface area contributed by atoms with E-state index in [9.17, 15) is 5.11 Å². The van der Waals surface area contributed by atoms with E-state index >= 15 is 0 Å². The fourth-order valence-corrected chi connectivity index (χ4v) is 5.55. The Labute approximate surface area is 218 Å². The Balaban J connectivity index is 1.42. The monoisotopic (exact) mass is 500 g/mol. The van der Waals surface area contributed by atoms with Gasteiger partial charge in [0.1, 0.15) is 11.8 Å². The van der Waals surface area contributed by atoms with Gasteiger partial charge in [0.2, 0.25) is 0 Å². The highest BCUT2D eigenvalue weighted by Gasteiger charge is 2.49. The summed E-state index contributed by atoms with van der Waals surface area (Å²) in [7, 11) is 0. The zero-order valence-corrected chi connectivity index (χ0v) is 20.7. The molecule has 0 bridgehead atoms. The highest BCUT2D eigenvalue weighted by atomic mass is 16.3. The molecule has 2 aromatic carbocycles. The lowest BCUT2D eigenvalue weighted by Gasteiger charge is -2.49. The number of pyridine rings is 1. The third-order valence-corrected chi connectivity index (χ3v) is 7.19. The molecule has 6 aromatic rings. The molecular weight excluding hydrogens is 476 g/mol. The van der Waals surface area contributed by atoms with Crippen LogP contribution in [-0.4, -0.2) is 45.2 Å². The van der Waals surface area contributed by atoms with E-state index in [1.807, 2.05) is 78.1 Å². The lowest BCUT2D eigenvalue weighted by atomic mass is 9.63. The number of fused-ring (bicyclic) bond motifs is 3. The minimum absolute atomic E-state index is 0.517. The Bertz CT molecular complexity index is 1790. The predicted molar refractivity (Wildman–Crippen MR) is 144 cm³/mol. The highest BCUT2D eigenvalue weighted by molar-refractivity contribution is 5.86. The van der Waals surface area contributed by atoms with Crippen molar-refractivity contribution < 1.29 is 5.11 Å². The summed E-state index contributed by atoms with van der Waals surface area (Å²) in [6.07, 6.45) is 5.96. The van der Waals surface area contributed by atoms with Crippen LogP contribution in [0.25, 0.3) is 50.7 Å². The van der Waals surface area contributed by atoms with Gasteiger partial charge in [-0.05, 0) is 37.5 Å². The molecule has 3 N–H and O–H groups in total. The molecule has 1 aliphatic rings. The van der Waals surface area contributed by atoms with Crippen LogP contribution < -0.4 is 5.73 Å². The first-order valence-corrected chi connectivity index (χ1v) is 12.4. The van der Waals surface area contributed by atoms with Crippen molar-refractivity contribution in [1.82, 2.24) is 34.5 Å². The van der Waals surface area contributed by atoms with E-state index in [0.717, 1.165) is 33.6 Å². The minimum atomic E-state index is -0.712. The van der Waals surface area contributed by atoms with E-state index in [1.165, 1.54) is 6.33 Å². The highest BCUT2D eigenvalue weighted by Crippen LogP contribution is 2.46. The number of aliphatic hydroxyl groups is 1. The molecule has 4 heterocycles. The summed E-state index contributed by atoms with van der Waals surface area (Å²) >= 11 is 0. The number of hydrogen-bond acceptors (Lipinski definition) is 8. The van der Waals surface area contributed by atoms with Crippen molar-refractivity contribution in [2.24, 2.45) is 5.73 Å². The van der Waals surface area contributed by atoms with Crippen molar-refractivity contribution >= 4 is 16.8 Å². The quantitative estimate of drug-likeness (QED) is 0.369. The fourth-order valence-electron chi connectivity index (χ4n) is 5.55. The van der Waals surface area contributed by atoms with Gasteiger partial charge in [0.25, 0.3) is 0 Å². The molecule has 1 fully saturated rings. The number of nitrogens with two attached hydrogens (primary N) is 1. The largest absolute Gasteiger partial charge is 0.390 e. The van der Waals surface area contributed by atoms with Crippen molar-refractivity contribution in [2.75, 3.05) is 0 Å². The maximum atomic E-state index is 10.2. The molecule has 0 radical (unpaired) electrons. The van der Waals surface area contributed by atoms with E-state index in [4.69, 9.17) is 15.7 Å². The van der Waals surface area contributed by atoms with Gasteiger partial charge in [-0.1, -0.05) is 54.6 Å². The Hall–Kier alpha value is -4.60. The number of aromatic nitrogens is 7. The summed E-state index contributed by atoms with van der Waals surface area (Å²) < 4.78 is 1.89. The number of rotatable bonds is 4. The maximum Gasteiger partial charge on any atom is 0.173 e. The van der Waals surface area contributed by atoms with Crippen LogP contribution in [0.1, 0.15) is 25.3 Å². The first kappa shape index (κ1) is 22.6. The molecular formula is C29H24N8O. The van der Waals surface area contributed by atoms with E-state index in [2.05, 4.69) is 20.2 Å². The second kappa shape index (κ2) is 8.20. The van der Waals surface area contributed by atoms with Crippen molar-refractivity contribution in [3.8, 4) is 33.9 Å². The van der Waals surface area contributed by atoms with Crippen LogP contribution in [0, 0.1) is 0 Å². The van der Waals surface area contributed by atoms with E-state index < -0.39 is 11.1 Å². The molecule has 0 unspecified atom stereocenters. The molecule has 0 aliphatic heterocycles. The molecule has 186 valence electrons. The van der Waals surface area contributed by atoms with Crippen molar-refractivity contribution in [3.63, 3.8) is 0 Å². The lowest BCUT2D eigenvalue weighted by molar-refractivity contribution is -0.0738. The van der Waals surface area contributed by atoms with Crippen molar-refractivity contribution in [3.05, 3.63) is 91.0 Å². The summed E-state index contributed by atoms with van der Waals surface area (Å²) in [5, 5.41) is 19.0. The number of benzene rings is 2. The van der Waals surface area contributed by atoms with Gasteiger partial charge < -0.3 is 10.8 Å². The zero-order valence-electron chi connectivity index (χ0n) is 20.7. The first-order chi connectivity index (χ1) is 18.4. The number of hydrogen-bond donors (Lipinski definition) is 2. The third kappa shape index (κ3) is 3.63. The Kier molecular flexibility index (Phi) is 4.88. The maximum absolute atomic E-state index is 10.2. The lowest BCUT2D eigenvalue weighted by Crippen LogP contribution is -2.58. The van der Waals surface area contributed by atoms with Crippen LogP contribution in [0.4, 0.5) is 0 Å². The van der Waals surface area contributed by atoms with Gasteiger partial charge in [-0.2, -0.15) is 0 Å². The molecule has 0 saturated heterocycles. The third-order valence-electron chi connectivity index (χ3n) is 7.19. The normalized spacial score (nSPS) is 21.0. The molecule has 38 heavy (non-hydrogen) atoms. The van der Waals surface area contributed by atoms with Crippen LogP contribution in [-0.2, 0) is 5.54 Å². The first-order valence-electron chi connectivity index (χ1n) is 12.4. The average molecular weight is 501 g/mol. The molecule has 0 atom stereocenters. The molecule has 1 aliphatic carbocycles. The van der Waals surface area contributed by atoms with Crippen LogP contribution in [0.5, 0.6) is 0 Å². The molecule has 7 rings (SSSR count). The standard InChI is InChI=1S/C29H24N8O/c1-28(38)15-29(30,16-28)21-9-7-19(8-10-21)24-25(18-5-3-2-4-6-18)34-27-22(33-24)11-12-23-35-36-26(37(23)27)20-13-31-17-32-14-20/h2-14,17,38H,15-16,30H2,1H3. The van der Waals surface area contributed by atoms with E-state index in [0.29, 0.717) is 35.5 Å². The zero-order chi connectivity index (χ0) is 25.9. The molecule has 4 aromatic heterocycles. The fraction of sp³-hybridized carbons (Fsp3) is 0.172. The Morgan fingerprint density at radius 1 is 0.789 bits per heavy atom. The minimum Gasteiger partial charge on any atom is -0.390 e. The molecule has 1 saturated carbocycles. The Morgan fingerprint density at radius 2 is 1.47 bits per heavy atom.